The first kappa shape index (κ1) is 24.1. The van der Waals surface area contributed by atoms with Gasteiger partial charge in [0.15, 0.2) is 0 Å². The highest BCUT2D eigenvalue weighted by molar-refractivity contribution is 7.16. The number of benzene rings is 1. The van der Waals surface area contributed by atoms with Crippen molar-refractivity contribution < 1.29 is 4.74 Å². The first-order valence-electron chi connectivity index (χ1n) is 12.8. The Morgan fingerprint density at radius 2 is 1.69 bits per heavy atom. The zero-order valence-electron chi connectivity index (χ0n) is 21.1. The van der Waals surface area contributed by atoms with E-state index >= 15 is 0 Å². The van der Waals surface area contributed by atoms with Crippen LogP contribution in [0.4, 0.5) is 0 Å². The van der Waals surface area contributed by atoms with Crippen LogP contribution < -0.4 is 14.6 Å². The first-order valence-corrected chi connectivity index (χ1v) is 14.6. The number of thiophene rings is 2. The number of aromatic amines is 1. The smallest absolute Gasteiger partial charge is 0.124 e. The maximum Gasteiger partial charge on any atom is 0.124 e. The summed E-state index contributed by atoms with van der Waals surface area (Å²) in [7, 11) is 0. The summed E-state index contributed by atoms with van der Waals surface area (Å²) in [4.78, 5) is 9.91. The zero-order chi connectivity index (χ0) is 24.4. The van der Waals surface area contributed by atoms with E-state index in [0.29, 0.717) is 6.10 Å². The molecule has 35 heavy (non-hydrogen) atoms. The van der Waals surface area contributed by atoms with E-state index in [2.05, 4.69) is 79.8 Å². The van der Waals surface area contributed by atoms with E-state index in [1.165, 1.54) is 63.4 Å². The zero-order valence-corrected chi connectivity index (χ0v) is 22.7. The minimum absolute atomic E-state index is 0.293. The Bertz CT molecular complexity index is 1390. The molecule has 3 nitrogen and oxygen atoms in total. The highest BCUT2D eigenvalue weighted by Gasteiger charge is 2.21. The topological polar surface area (TPSA) is 37.4 Å². The molecule has 0 atom stereocenters. The van der Waals surface area contributed by atoms with Gasteiger partial charge in [0.2, 0.25) is 0 Å². The fraction of sp³-hybridized carbons (Fsp3) is 0.367. The number of aromatic nitrogens is 1. The van der Waals surface area contributed by atoms with Crippen molar-refractivity contribution >= 4 is 44.5 Å². The van der Waals surface area contributed by atoms with Crippen LogP contribution in [0.1, 0.15) is 74.8 Å². The fourth-order valence-electron chi connectivity index (χ4n) is 5.02. The van der Waals surface area contributed by atoms with E-state index < -0.39 is 0 Å². The van der Waals surface area contributed by atoms with E-state index in [-0.39, 0.29) is 0 Å². The van der Waals surface area contributed by atoms with Gasteiger partial charge in [0.1, 0.15) is 15.3 Å². The molecule has 0 fully saturated rings. The number of nitrogens with zero attached hydrogens (tertiary/aromatic N) is 1. The highest BCUT2D eigenvalue weighted by Crippen LogP contribution is 2.37. The second kappa shape index (κ2) is 10.5. The number of unbranched alkanes of at least 4 members (excludes halogenated alkanes) is 2. The van der Waals surface area contributed by atoms with Crippen LogP contribution in [-0.2, 0) is 0 Å². The Hall–Kier alpha value is -2.63. The van der Waals surface area contributed by atoms with Gasteiger partial charge in [-0.15, -0.1) is 22.7 Å². The molecule has 0 aliphatic carbocycles. The van der Waals surface area contributed by atoms with Crippen LogP contribution in [0, 0.1) is 13.8 Å². The Labute approximate surface area is 215 Å². The Morgan fingerprint density at radius 3 is 2.34 bits per heavy atom. The lowest BCUT2D eigenvalue weighted by atomic mass is 9.91. The fourth-order valence-corrected chi connectivity index (χ4v) is 6.56. The quantitative estimate of drug-likeness (QED) is 0.235. The van der Waals surface area contributed by atoms with Crippen LogP contribution in [0.25, 0.3) is 21.9 Å². The van der Waals surface area contributed by atoms with Crippen LogP contribution in [-0.4, -0.2) is 11.1 Å². The molecule has 4 heterocycles. The summed E-state index contributed by atoms with van der Waals surface area (Å²) in [5.74, 6) is 0.990. The first-order chi connectivity index (χ1) is 17.1. The Balaban J connectivity index is 1.57. The van der Waals surface area contributed by atoms with Gasteiger partial charge in [0.25, 0.3) is 0 Å². The third kappa shape index (κ3) is 5.03. The molecule has 182 valence electrons. The summed E-state index contributed by atoms with van der Waals surface area (Å²) >= 11 is 3.45. The lowest BCUT2D eigenvalue weighted by molar-refractivity contribution is 0.174. The molecule has 3 aromatic heterocycles. The summed E-state index contributed by atoms with van der Waals surface area (Å²) in [5.41, 5.74) is 7.03. The van der Waals surface area contributed by atoms with Crippen molar-refractivity contribution in [2.45, 2.75) is 72.3 Å². The standard InChI is InChI=1S/C30H34N2OS2/c1-5-7-9-23(10-8-6-2)33-24-15-19(3)27(20(4)16-24)28(25-17-21-11-13-34-29(21)31-25)26-18-22-12-14-35-30(22)32-26/h11-18,23,31H,5-10H2,1-4H3. The number of rotatable bonds is 10. The van der Waals surface area contributed by atoms with E-state index in [4.69, 9.17) is 9.73 Å². The summed E-state index contributed by atoms with van der Waals surface area (Å²) < 4.78 is 7.66. The van der Waals surface area contributed by atoms with Crippen LogP contribution in [0.3, 0.4) is 0 Å². The van der Waals surface area contributed by atoms with Gasteiger partial charge in [-0.25, -0.2) is 4.99 Å². The summed E-state index contributed by atoms with van der Waals surface area (Å²) in [6.45, 7) is 8.92. The summed E-state index contributed by atoms with van der Waals surface area (Å²) in [6, 6.07) is 11.1. The number of ether oxygens (including phenoxy) is 1. The molecule has 0 saturated heterocycles. The van der Waals surface area contributed by atoms with Crippen LogP contribution in [0.2, 0.25) is 0 Å². The second-order valence-electron chi connectivity index (χ2n) is 9.54. The van der Waals surface area contributed by atoms with Crippen LogP contribution >= 0.6 is 22.7 Å². The average Bonchev–Trinajstić information content (AvgIpc) is 3.59. The molecule has 1 aliphatic rings. The van der Waals surface area contributed by atoms with Crippen LogP contribution in [0.5, 0.6) is 5.75 Å². The van der Waals surface area contributed by atoms with Crippen molar-refractivity contribution in [1.82, 2.24) is 4.98 Å². The lowest BCUT2D eigenvalue weighted by Gasteiger charge is -2.22. The molecule has 0 radical (unpaired) electrons. The van der Waals surface area contributed by atoms with Crippen molar-refractivity contribution in [3.8, 4) is 5.75 Å². The van der Waals surface area contributed by atoms with E-state index in [1.807, 2.05) is 0 Å². The van der Waals surface area contributed by atoms with E-state index in [0.717, 1.165) is 34.7 Å². The number of fused-ring (bicyclic) bond motifs is 2. The third-order valence-electron chi connectivity index (χ3n) is 6.78. The molecule has 5 rings (SSSR count). The van der Waals surface area contributed by atoms with Gasteiger partial charge in [-0.2, -0.15) is 0 Å². The summed E-state index contributed by atoms with van der Waals surface area (Å²) in [6.07, 6.45) is 9.62. The third-order valence-corrected chi connectivity index (χ3v) is 8.44. The average molecular weight is 503 g/mol. The summed E-state index contributed by atoms with van der Waals surface area (Å²) in [5, 5.41) is 6.71. The van der Waals surface area contributed by atoms with Crippen molar-refractivity contribution in [3.63, 3.8) is 0 Å². The largest absolute Gasteiger partial charge is 0.490 e. The van der Waals surface area contributed by atoms with E-state index in [1.54, 1.807) is 22.7 Å². The van der Waals surface area contributed by atoms with Gasteiger partial charge in [0.05, 0.1) is 11.8 Å². The number of H-pyrrole nitrogens is 1. The lowest BCUT2D eigenvalue weighted by Crippen LogP contribution is -2.17. The maximum atomic E-state index is 6.57. The van der Waals surface area contributed by atoms with Gasteiger partial charge in [-0.3, -0.25) is 0 Å². The number of hydrogen-bond acceptors (Lipinski definition) is 4. The van der Waals surface area contributed by atoms with E-state index in [9.17, 15) is 0 Å². The Kier molecular flexibility index (Phi) is 7.26. The number of nitrogens with one attached hydrogen (secondary N) is 1. The van der Waals surface area contributed by atoms with Gasteiger partial charge < -0.3 is 9.72 Å². The monoisotopic (exact) mass is 502 g/mol. The van der Waals surface area contributed by atoms with Gasteiger partial charge >= 0.3 is 0 Å². The minimum atomic E-state index is 0.293. The molecule has 0 bridgehead atoms. The SMILES string of the molecule is CCCCC(CCCC)Oc1cc(C)c(C(=C2C=c3ccsc3=N2)c2cc3ccsc3[nH]2)c(C)c1. The maximum absolute atomic E-state index is 6.57. The van der Waals surface area contributed by atoms with Crippen LogP contribution in [0.15, 0.2) is 51.8 Å². The highest BCUT2D eigenvalue weighted by atomic mass is 32.1. The molecule has 1 aliphatic heterocycles. The Morgan fingerprint density at radius 1 is 0.971 bits per heavy atom. The molecule has 5 heteroatoms. The molecule has 1 N–H and O–H groups in total. The molecule has 0 unspecified atom stereocenters. The van der Waals surface area contributed by atoms with Gasteiger partial charge in [0, 0.05) is 21.9 Å². The molecule has 0 saturated carbocycles. The number of hydrogen-bond donors (Lipinski definition) is 1. The van der Waals surface area contributed by atoms with Crippen molar-refractivity contribution in [2.75, 3.05) is 0 Å². The van der Waals surface area contributed by atoms with Gasteiger partial charge in [-0.05, 0) is 90.5 Å². The molecule has 4 aromatic rings. The molecule has 0 amide bonds. The predicted molar refractivity (Wildman–Crippen MR) is 151 cm³/mol. The van der Waals surface area contributed by atoms with Crippen molar-refractivity contribution in [1.29, 1.82) is 0 Å². The molecular weight excluding hydrogens is 468 g/mol. The van der Waals surface area contributed by atoms with Crippen molar-refractivity contribution in [3.05, 3.63) is 79.1 Å². The van der Waals surface area contributed by atoms with Crippen molar-refractivity contribution in [2.24, 2.45) is 4.99 Å². The molecule has 0 spiro atoms. The predicted octanol–water partition coefficient (Wildman–Crippen LogP) is 7.91. The van der Waals surface area contributed by atoms with Gasteiger partial charge in [-0.1, -0.05) is 39.5 Å². The second-order valence-corrected chi connectivity index (χ2v) is 11.4. The minimum Gasteiger partial charge on any atom is -0.490 e. The normalized spacial score (nSPS) is 14.3. The number of aryl methyl sites for hydroxylation is 2. The number of allylic oxidation sites excluding steroid dienone is 1. The molecule has 1 aromatic carbocycles. The molecular formula is C30H34N2OS2.